The van der Waals surface area contributed by atoms with Gasteiger partial charge in [-0.1, -0.05) is 144 Å². The van der Waals surface area contributed by atoms with Crippen LogP contribution in [-0.4, -0.2) is 37.2 Å². The average Bonchev–Trinajstić information content (AvgIpc) is 3.14. The molecule has 52 heavy (non-hydrogen) atoms. The minimum atomic E-state index is -0.802. The molecule has 0 saturated carbocycles. The molecule has 6 nitrogen and oxygen atoms in total. The van der Waals surface area contributed by atoms with E-state index in [0.717, 1.165) is 128 Å². The molecule has 0 rings (SSSR count). The summed E-state index contributed by atoms with van der Waals surface area (Å²) in [5.41, 5.74) is 0. The van der Waals surface area contributed by atoms with E-state index < -0.39 is 6.10 Å². The smallest absolute Gasteiger partial charge is 0.306 e. The van der Waals surface area contributed by atoms with Gasteiger partial charge in [0.15, 0.2) is 6.10 Å². The SMILES string of the molecule is CC\C=C/C=C\C=C/CCCCCCCC(=O)OCC(COC(=O)CCCC/C=C\C/C=C\CC)OC(=O)CCCCCCC/C=C\C/C=C\CC. The number of allylic oxidation sites excluding steroid dienone is 14. The van der Waals surface area contributed by atoms with Gasteiger partial charge in [-0.2, -0.15) is 0 Å². The van der Waals surface area contributed by atoms with Crippen LogP contribution in [0.15, 0.2) is 85.1 Å². The van der Waals surface area contributed by atoms with Crippen molar-refractivity contribution in [3.05, 3.63) is 85.1 Å². The summed E-state index contributed by atoms with van der Waals surface area (Å²) < 4.78 is 16.6. The van der Waals surface area contributed by atoms with Crippen molar-refractivity contribution in [3.8, 4) is 0 Å². The lowest BCUT2D eigenvalue weighted by Crippen LogP contribution is -2.30. The molecule has 1 atom stereocenters. The normalized spacial score (nSPS) is 12.9. The van der Waals surface area contributed by atoms with Crippen LogP contribution in [0, 0.1) is 0 Å². The van der Waals surface area contributed by atoms with E-state index in [-0.39, 0.29) is 31.1 Å². The fourth-order valence-corrected chi connectivity index (χ4v) is 5.16. The fraction of sp³-hybridized carbons (Fsp3) is 0.630. The van der Waals surface area contributed by atoms with Crippen LogP contribution in [0.25, 0.3) is 0 Å². The summed E-state index contributed by atoms with van der Waals surface area (Å²) in [6.45, 7) is 6.17. The monoisotopic (exact) mass is 723 g/mol. The molecule has 0 aromatic carbocycles. The zero-order chi connectivity index (χ0) is 38.0. The van der Waals surface area contributed by atoms with Gasteiger partial charge in [0.1, 0.15) is 13.2 Å². The van der Waals surface area contributed by atoms with E-state index in [9.17, 15) is 14.4 Å². The molecule has 0 heterocycles. The number of esters is 3. The minimum absolute atomic E-state index is 0.105. The predicted octanol–water partition coefficient (Wildman–Crippen LogP) is 12.9. The second-order valence-corrected chi connectivity index (χ2v) is 13.2. The van der Waals surface area contributed by atoms with Crippen LogP contribution in [0.2, 0.25) is 0 Å². The van der Waals surface area contributed by atoms with Crippen molar-refractivity contribution in [2.75, 3.05) is 13.2 Å². The van der Waals surface area contributed by atoms with E-state index in [0.29, 0.717) is 19.3 Å². The fourth-order valence-electron chi connectivity index (χ4n) is 5.16. The number of carbonyl (C=O) groups is 3. The van der Waals surface area contributed by atoms with Crippen LogP contribution >= 0.6 is 0 Å². The first-order valence-corrected chi connectivity index (χ1v) is 20.6. The summed E-state index contributed by atoms with van der Waals surface area (Å²) in [6, 6.07) is 0. The molecule has 0 aliphatic rings. The van der Waals surface area contributed by atoms with Gasteiger partial charge in [-0.15, -0.1) is 0 Å². The van der Waals surface area contributed by atoms with Crippen LogP contribution < -0.4 is 0 Å². The van der Waals surface area contributed by atoms with Crippen LogP contribution in [0.5, 0.6) is 0 Å². The number of carbonyl (C=O) groups excluding carboxylic acids is 3. The van der Waals surface area contributed by atoms with E-state index in [2.05, 4.69) is 99.8 Å². The molecule has 0 aromatic heterocycles. The van der Waals surface area contributed by atoms with Crippen molar-refractivity contribution in [3.63, 3.8) is 0 Å². The van der Waals surface area contributed by atoms with Gasteiger partial charge < -0.3 is 14.2 Å². The Morgan fingerprint density at radius 2 is 0.788 bits per heavy atom. The van der Waals surface area contributed by atoms with Crippen molar-refractivity contribution in [2.24, 2.45) is 0 Å². The van der Waals surface area contributed by atoms with Gasteiger partial charge in [0.05, 0.1) is 0 Å². The lowest BCUT2D eigenvalue weighted by atomic mass is 10.1. The number of hydrogen-bond donors (Lipinski definition) is 0. The van der Waals surface area contributed by atoms with Gasteiger partial charge in [-0.25, -0.2) is 0 Å². The van der Waals surface area contributed by atoms with Crippen molar-refractivity contribution in [1.82, 2.24) is 0 Å². The standard InChI is InChI=1S/C46H74O6/c1-4-7-10-13-16-19-21-23-25-27-30-33-36-39-45(48)51-42-43(41-50-44(47)38-35-32-29-26-18-15-12-9-6-3)52-46(49)40-37-34-31-28-24-22-20-17-14-11-8-5-2/h7-13,16-21,26,43H,4-6,14-15,22-25,27-42H2,1-3H3/b10-7-,11-8-,12-9-,16-13-,20-17-,21-19-,26-18-. The summed E-state index contributed by atoms with van der Waals surface area (Å²) in [7, 11) is 0. The zero-order valence-electron chi connectivity index (χ0n) is 33.3. The summed E-state index contributed by atoms with van der Waals surface area (Å²) >= 11 is 0. The molecule has 0 amide bonds. The molecule has 0 aliphatic carbocycles. The number of unbranched alkanes of at least 4 members (excludes halogenated alkanes) is 12. The van der Waals surface area contributed by atoms with Crippen molar-refractivity contribution in [2.45, 2.75) is 175 Å². The van der Waals surface area contributed by atoms with Gasteiger partial charge in [-0.3, -0.25) is 14.4 Å². The van der Waals surface area contributed by atoms with Crippen molar-refractivity contribution >= 4 is 17.9 Å². The van der Waals surface area contributed by atoms with E-state index in [1.807, 2.05) is 6.08 Å². The third-order valence-corrected chi connectivity index (χ3v) is 8.19. The maximum Gasteiger partial charge on any atom is 0.306 e. The van der Waals surface area contributed by atoms with Gasteiger partial charge in [0.2, 0.25) is 0 Å². The second-order valence-electron chi connectivity index (χ2n) is 13.2. The molecule has 0 bridgehead atoms. The lowest BCUT2D eigenvalue weighted by molar-refractivity contribution is -0.167. The van der Waals surface area contributed by atoms with E-state index in [1.165, 1.54) is 0 Å². The molecular formula is C46H74O6. The molecule has 6 heteroatoms. The first-order chi connectivity index (χ1) is 25.5. The number of rotatable bonds is 35. The first kappa shape index (κ1) is 48.6. The van der Waals surface area contributed by atoms with Crippen LogP contribution in [-0.2, 0) is 28.6 Å². The molecule has 0 radical (unpaired) electrons. The third-order valence-electron chi connectivity index (χ3n) is 8.19. The van der Waals surface area contributed by atoms with Gasteiger partial charge >= 0.3 is 17.9 Å². The Bertz CT molecular complexity index is 1060. The molecule has 0 saturated heterocycles. The Kier molecular flexibility index (Phi) is 37.7. The third kappa shape index (κ3) is 37.8. The molecule has 0 fully saturated rings. The molecule has 294 valence electrons. The van der Waals surface area contributed by atoms with E-state index in [4.69, 9.17) is 14.2 Å². The Hall–Kier alpha value is -3.41. The molecule has 0 spiro atoms. The first-order valence-electron chi connectivity index (χ1n) is 20.6. The van der Waals surface area contributed by atoms with Gasteiger partial charge in [0.25, 0.3) is 0 Å². The quantitative estimate of drug-likeness (QED) is 0.0213. The number of hydrogen-bond acceptors (Lipinski definition) is 6. The van der Waals surface area contributed by atoms with Gasteiger partial charge in [-0.05, 0) is 89.9 Å². The Balaban J connectivity index is 4.48. The molecule has 0 N–H and O–H groups in total. The summed E-state index contributed by atoms with van der Waals surface area (Å²) in [5.74, 6) is -0.991. The predicted molar refractivity (Wildman–Crippen MR) is 219 cm³/mol. The number of ether oxygens (including phenoxy) is 3. The Morgan fingerprint density at radius 1 is 0.404 bits per heavy atom. The van der Waals surface area contributed by atoms with Crippen molar-refractivity contribution < 1.29 is 28.6 Å². The highest BCUT2D eigenvalue weighted by atomic mass is 16.6. The summed E-state index contributed by atoms with van der Waals surface area (Å²) in [4.78, 5) is 37.5. The highest BCUT2D eigenvalue weighted by Gasteiger charge is 2.19. The Morgan fingerprint density at radius 3 is 1.31 bits per heavy atom. The molecule has 0 aliphatic heterocycles. The van der Waals surface area contributed by atoms with Crippen LogP contribution in [0.1, 0.15) is 168 Å². The summed E-state index contributed by atoms with van der Waals surface area (Å²) in [6.07, 6.45) is 50.1. The Labute approximate surface area is 318 Å². The molecular weight excluding hydrogens is 648 g/mol. The maximum atomic E-state index is 12.7. The largest absolute Gasteiger partial charge is 0.462 e. The highest BCUT2D eigenvalue weighted by Crippen LogP contribution is 2.12. The second kappa shape index (κ2) is 40.4. The van der Waals surface area contributed by atoms with Crippen molar-refractivity contribution in [1.29, 1.82) is 0 Å². The maximum absolute atomic E-state index is 12.7. The van der Waals surface area contributed by atoms with E-state index >= 15 is 0 Å². The minimum Gasteiger partial charge on any atom is -0.462 e. The van der Waals surface area contributed by atoms with E-state index in [1.54, 1.807) is 0 Å². The van der Waals surface area contributed by atoms with Gasteiger partial charge in [0, 0.05) is 19.3 Å². The zero-order valence-corrected chi connectivity index (χ0v) is 33.3. The molecule has 1 unspecified atom stereocenters. The topological polar surface area (TPSA) is 78.9 Å². The lowest BCUT2D eigenvalue weighted by Gasteiger charge is -2.18. The molecule has 0 aromatic rings. The van der Waals surface area contributed by atoms with Crippen LogP contribution in [0.4, 0.5) is 0 Å². The summed E-state index contributed by atoms with van der Waals surface area (Å²) in [5, 5.41) is 0. The van der Waals surface area contributed by atoms with Crippen LogP contribution in [0.3, 0.4) is 0 Å². The average molecular weight is 723 g/mol. The highest BCUT2D eigenvalue weighted by molar-refractivity contribution is 5.71.